The van der Waals surface area contributed by atoms with Crippen LogP contribution in [0.1, 0.15) is 16.8 Å². The number of benzene rings is 2. The fourth-order valence-corrected chi connectivity index (χ4v) is 3.31. The van der Waals surface area contributed by atoms with Crippen molar-refractivity contribution in [3.8, 4) is 5.75 Å². The molecule has 2 aromatic carbocycles. The van der Waals surface area contributed by atoms with Gasteiger partial charge in [0.15, 0.2) is 12.4 Å². The van der Waals surface area contributed by atoms with Gasteiger partial charge < -0.3 is 14.4 Å². The predicted molar refractivity (Wildman–Crippen MR) is 105 cm³/mol. The van der Waals surface area contributed by atoms with E-state index in [0.717, 1.165) is 0 Å². The highest BCUT2D eigenvalue weighted by Gasteiger charge is 2.37. The summed E-state index contributed by atoms with van der Waals surface area (Å²) in [6.07, 6.45) is -0.0188. The highest BCUT2D eigenvalue weighted by atomic mass is 35.5. The zero-order valence-electron chi connectivity index (χ0n) is 15.0. The second kappa shape index (κ2) is 8.63. The number of halogens is 2. The van der Waals surface area contributed by atoms with Crippen molar-refractivity contribution < 1.29 is 23.9 Å². The Morgan fingerprint density at radius 3 is 2.71 bits per heavy atom. The molecule has 3 rings (SSSR count). The Kier molecular flexibility index (Phi) is 6.21. The Morgan fingerprint density at radius 2 is 1.96 bits per heavy atom. The Hall–Kier alpha value is -2.57. The maximum Gasteiger partial charge on any atom is 0.311 e. The summed E-state index contributed by atoms with van der Waals surface area (Å²) in [6, 6.07) is 11.3. The van der Waals surface area contributed by atoms with Gasteiger partial charge in [-0.2, -0.15) is 0 Å². The number of methoxy groups -OCH3 is 1. The lowest BCUT2D eigenvalue weighted by Gasteiger charge is -2.18. The largest absolute Gasteiger partial charge is 0.497 e. The van der Waals surface area contributed by atoms with Crippen LogP contribution in [0.2, 0.25) is 10.0 Å². The van der Waals surface area contributed by atoms with E-state index in [4.69, 9.17) is 32.7 Å². The molecule has 0 radical (unpaired) electrons. The molecule has 0 spiro atoms. The quantitative estimate of drug-likeness (QED) is 0.524. The predicted octanol–water partition coefficient (Wildman–Crippen LogP) is 3.78. The van der Waals surface area contributed by atoms with E-state index in [0.29, 0.717) is 27.0 Å². The zero-order chi connectivity index (χ0) is 20.3. The molecule has 0 bridgehead atoms. The monoisotopic (exact) mass is 421 g/mol. The van der Waals surface area contributed by atoms with Crippen LogP contribution in [0.15, 0.2) is 42.5 Å². The van der Waals surface area contributed by atoms with Crippen molar-refractivity contribution in [2.75, 3.05) is 25.2 Å². The average molecular weight is 422 g/mol. The molecule has 0 N–H and O–H groups in total. The van der Waals surface area contributed by atoms with Gasteiger partial charge in [-0.15, -0.1) is 0 Å². The van der Waals surface area contributed by atoms with Gasteiger partial charge in [-0.25, -0.2) is 0 Å². The first kappa shape index (κ1) is 20.2. The lowest BCUT2D eigenvalue weighted by atomic mass is 10.1. The minimum absolute atomic E-state index is 0.0188. The minimum Gasteiger partial charge on any atom is -0.497 e. The van der Waals surface area contributed by atoms with Crippen LogP contribution in [0, 0.1) is 5.92 Å². The summed E-state index contributed by atoms with van der Waals surface area (Å²) in [5, 5.41) is 0.794. The second-order valence-electron chi connectivity index (χ2n) is 6.26. The Morgan fingerprint density at radius 1 is 1.18 bits per heavy atom. The van der Waals surface area contributed by atoms with E-state index >= 15 is 0 Å². The number of anilines is 1. The van der Waals surface area contributed by atoms with Crippen molar-refractivity contribution >= 4 is 46.5 Å². The van der Waals surface area contributed by atoms with Gasteiger partial charge in [0.1, 0.15) is 5.75 Å². The molecule has 0 unspecified atom stereocenters. The van der Waals surface area contributed by atoms with E-state index in [1.165, 1.54) is 12.0 Å². The average Bonchev–Trinajstić information content (AvgIpc) is 3.09. The van der Waals surface area contributed by atoms with Crippen LogP contribution < -0.4 is 9.64 Å². The van der Waals surface area contributed by atoms with Crippen molar-refractivity contribution in [2.45, 2.75) is 6.42 Å². The van der Waals surface area contributed by atoms with Crippen molar-refractivity contribution in [3.63, 3.8) is 0 Å². The van der Waals surface area contributed by atoms with Crippen LogP contribution in [0.3, 0.4) is 0 Å². The normalized spacial score (nSPS) is 16.2. The first-order valence-electron chi connectivity index (χ1n) is 8.48. The fraction of sp³-hybridized carbons (Fsp3) is 0.250. The van der Waals surface area contributed by atoms with Crippen LogP contribution in [0.5, 0.6) is 5.75 Å². The molecule has 2 aromatic rings. The molecule has 0 saturated carbocycles. The molecular formula is C20H17Cl2NO5. The molecule has 1 heterocycles. The molecule has 0 aliphatic carbocycles. The third-order valence-corrected chi connectivity index (χ3v) is 4.95. The first-order chi connectivity index (χ1) is 13.4. The molecule has 8 heteroatoms. The summed E-state index contributed by atoms with van der Waals surface area (Å²) >= 11 is 12.1. The van der Waals surface area contributed by atoms with E-state index in [9.17, 15) is 14.4 Å². The number of carbonyl (C=O) groups excluding carboxylic acids is 3. The molecule has 28 heavy (non-hydrogen) atoms. The summed E-state index contributed by atoms with van der Waals surface area (Å²) in [7, 11) is 1.50. The molecule has 1 atom stereocenters. The van der Waals surface area contributed by atoms with Crippen LogP contribution in [-0.2, 0) is 14.3 Å². The number of carbonyl (C=O) groups is 3. The van der Waals surface area contributed by atoms with E-state index in [1.807, 2.05) is 0 Å². The second-order valence-corrected chi connectivity index (χ2v) is 7.11. The fourth-order valence-electron chi connectivity index (χ4n) is 2.93. The van der Waals surface area contributed by atoms with Crippen LogP contribution in [-0.4, -0.2) is 37.9 Å². The molecule has 146 valence electrons. The van der Waals surface area contributed by atoms with Gasteiger partial charge in [-0.3, -0.25) is 14.4 Å². The molecule has 1 fully saturated rings. The van der Waals surface area contributed by atoms with Crippen LogP contribution in [0.4, 0.5) is 5.69 Å². The Balaban J connectivity index is 1.61. The summed E-state index contributed by atoms with van der Waals surface area (Å²) < 4.78 is 10.2. The lowest BCUT2D eigenvalue weighted by molar-refractivity contribution is -0.147. The van der Waals surface area contributed by atoms with Gasteiger partial charge in [-0.05, 0) is 30.3 Å². The molecule has 1 saturated heterocycles. The molecule has 1 amide bonds. The molecule has 0 aromatic heterocycles. The molecule has 6 nitrogen and oxygen atoms in total. The number of ketones is 1. The third kappa shape index (κ3) is 4.46. The number of esters is 1. The molecular weight excluding hydrogens is 405 g/mol. The summed E-state index contributed by atoms with van der Waals surface area (Å²) in [5.74, 6) is -1.37. The number of amides is 1. The van der Waals surface area contributed by atoms with Crippen molar-refractivity contribution in [1.29, 1.82) is 0 Å². The van der Waals surface area contributed by atoms with E-state index in [1.54, 1.807) is 42.5 Å². The summed E-state index contributed by atoms with van der Waals surface area (Å²) in [5.41, 5.74) is 0.823. The maximum atomic E-state index is 12.3. The van der Waals surface area contributed by atoms with Gasteiger partial charge in [0.05, 0.1) is 23.7 Å². The van der Waals surface area contributed by atoms with Crippen molar-refractivity contribution in [1.82, 2.24) is 0 Å². The Bertz CT molecular complexity index is 931. The zero-order valence-corrected chi connectivity index (χ0v) is 16.5. The number of hydrogen-bond donors (Lipinski definition) is 0. The molecule has 1 aliphatic heterocycles. The standard InChI is InChI=1S/C20H17Cl2NO5/c1-27-15-4-2-3-12(7-15)18(24)11-28-20(26)13-8-19(25)23(10-13)17-9-14(21)5-6-16(17)22/h2-7,9,13H,8,10-11H2,1H3/t13-/m1/s1. The van der Waals surface area contributed by atoms with Gasteiger partial charge in [-0.1, -0.05) is 35.3 Å². The number of hydrogen-bond acceptors (Lipinski definition) is 5. The number of ether oxygens (including phenoxy) is 2. The highest BCUT2D eigenvalue weighted by Crippen LogP contribution is 2.33. The number of rotatable bonds is 6. The lowest BCUT2D eigenvalue weighted by Crippen LogP contribution is -2.27. The highest BCUT2D eigenvalue weighted by molar-refractivity contribution is 6.35. The maximum absolute atomic E-state index is 12.3. The summed E-state index contributed by atoms with van der Waals surface area (Å²) in [4.78, 5) is 38.3. The van der Waals surface area contributed by atoms with Gasteiger partial charge in [0, 0.05) is 23.6 Å². The van der Waals surface area contributed by atoms with Gasteiger partial charge in [0.25, 0.3) is 0 Å². The van der Waals surface area contributed by atoms with E-state index < -0.39 is 18.5 Å². The van der Waals surface area contributed by atoms with Gasteiger partial charge in [0.2, 0.25) is 5.91 Å². The Labute approximate surface area is 171 Å². The van der Waals surface area contributed by atoms with E-state index in [-0.39, 0.29) is 24.7 Å². The third-order valence-electron chi connectivity index (χ3n) is 4.39. The van der Waals surface area contributed by atoms with Crippen LogP contribution >= 0.6 is 23.2 Å². The molecule has 1 aliphatic rings. The summed E-state index contributed by atoms with van der Waals surface area (Å²) in [6.45, 7) is -0.292. The van der Waals surface area contributed by atoms with Gasteiger partial charge >= 0.3 is 5.97 Å². The number of nitrogens with zero attached hydrogens (tertiary/aromatic N) is 1. The first-order valence-corrected chi connectivity index (χ1v) is 9.24. The van der Waals surface area contributed by atoms with Crippen molar-refractivity contribution in [3.05, 3.63) is 58.1 Å². The van der Waals surface area contributed by atoms with Crippen LogP contribution in [0.25, 0.3) is 0 Å². The smallest absolute Gasteiger partial charge is 0.311 e. The van der Waals surface area contributed by atoms with Crippen molar-refractivity contribution in [2.24, 2.45) is 5.92 Å². The number of Topliss-reactive ketones (excluding diaryl/α,β-unsaturated/α-hetero) is 1. The van der Waals surface area contributed by atoms with E-state index in [2.05, 4.69) is 0 Å². The topological polar surface area (TPSA) is 72.9 Å². The minimum atomic E-state index is -0.680. The SMILES string of the molecule is COc1cccc(C(=O)COC(=O)[C@@H]2CC(=O)N(c3cc(Cl)ccc3Cl)C2)c1.